The molecule has 0 bridgehead atoms. The van der Waals surface area contributed by atoms with Crippen molar-refractivity contribution < 1.29 is 13.2 Å². The van der Waals surface area contributed by atoms with E-state index < -0.39 is 15.3 Å². The molecule has 2 N–H and O–H groups in total. The first kappa shape index (κ1) is 14.0. The quantitative estimate of drug-likeness (QED) is 0.740. The fraction of sp³-hybridized carbons (Fsp3) is 0.333. The number of primary sulfonamides is 1. The first-order valence-corrected chi connectivity index (χ1v) is 7.98. The third kappa shape index (κ3) is 2.60. The summed E-state index contributed by atoms with van der Waals surface area (Å²) in [5.41, 5.74) is 0.489. The van der Waals surface area contributed by atoms with E-state index in [9.17, 15) is 13.2 Å². The minimum Gasteiger partial charge on any atom is -0.308 e. The first-order valence-electron chi connectivity index (χ1n) is 4.91. The molecule has 1 aliphatic rings. The van der Waals surface area contributed by atoms with Crippen molar-refractivity contribution in [2.75, 3.05) is 11.4 Å². The lowest BCUT2D eigenvalue weighted by Crippen LogP contribution is -2.32. The van der Waals surface area contributed by atoms with Crippen LogP contribution in [0.5, 0.6) is 0 Å². The van der Waals surface area contributed by atoms with Gasteiger partial charge in [-0.15, -0.1) is 0 Å². The van der Waals surface area contributed by atoms with Crippen molar-refractivity contribution in [3.8, 4) is 0 Å². The predicted molar refractivity (Wildman–Crippen MR) is 75.8 cm³/mol. The van der Waals surface area contributed by atoms with E-state index in [1.54, 1.807) is 6.20 Å². The molecule has 0 aromatic carbocycles. The Bertz CT molecular complexity index is 587. The molecule has 98 valence electrons. The number of hydrogen-bond acceptors (Lipinski definition) is 4. The minimum absolute atomic E-state index is 0.0252. The summed E-state index contributed by atoms with van der Waals surface area (Å²) in [5.74, 6) is -0.306. The molecule has 1 amide bonds. The molecule has 1 atom stereocenters. The monoisotopic (exact) mass is 401 g/mol. The van der Waals surface area contributed by atoms with Gasteiger partial charge >= 0.3 is 0 Å². The van der Waals surface area contributed by atoms with E-state index in [1.165, 1.54) is 11.1 Å². The molecule has 0 radical (unpaired) electrons. The zero-order chi connectivity index (χ0) is 13.5. The van der Waals surface area contributed by atoms with Crippen molar-refractivity contribution in [3.63, 3.8) is 0 Å². The Morgan fingerprint density at radius 2 is 2.17 bits per heavy atom. The Labute approximate surface area is 123 Å². The Hall–Kier alpha value is -0.450. The van der Waals surface area contributed by atoms with Gasteiger partial charge in [-0.25, -0.2) is 13.6 Å². The molecule has 1 fully saturated rings. The van der Waals surface area contributed by atoms with Gasteiger partial charge in [0.25, 0.3) is 0 Å². The van der Waals surface area contributed by atoms with Crippen LogP contribution in [-0.4, -0.2) is 31.1 Å². The molecule has 1 aliphatic heterocycles. The zero-order valence-electron chi connectivity index (χ0n) is 9.01. The number of amides is 1. The van der Waals surface area contributed by atoms with Gasteiger partial charge in [0, 0.05) is 25.4 Å². The number of aromatic nitrogens is 1. The second kappa shape index (κ2) is 4.91. The van der Waals surface area contributed by atoms with Crippen LogP contribution < -0.4 is 10.0 Å². The van der Waals surface area contributed by atoms with Crippen molar-refractivity contribution in [1.29, 1.82) is 0 Å². The van der Waals surface area contributed by atoms with Gasteiger partial charge in [-0.3, -0.25) is 9.78 Å². The number of carbonyl (C=O) groups excluding carboxylic acids is 1. The SMILES string of the molecule is NS(=O)(=O)C1CC(=O)N(c2c(Cl)cncc2I)C1. The average Bonchev–Trinajstić information content (AvgIpc) is 2.60. The van der Waals surface area contributed by atoms with Gasteiger partial charge in [-0.2, -0.15) is 0 Å². The Morgan fingerprint density at radius 1 is 1.50 bits per heavy atom. The van der Waals surface area contributed by atoms with Gasteiger partial charge in [0.2, 0.25) is 15.9 Å². The highest BCUT2D eigenvalue weighted by molar-refractivity contribution is 14.1. The fourth-order valence-electron chi connectivity index (χ4n) is 1.77. The molecule has 0 spiro atoms. The molecular weight excluding hydrogens is 393 g/mol. The van der Waals surface area contributed by atoms with Gasteiger partial charge in [0.15, 0.2) is 0 Å². The molecule has 0 aliphatic carbocycles. The molecule has 1 aromatic rings. The maximum absolute atomic E-state index is 11.9. The summed E-state index contributed by atoms with van der Waals surface area (Å²) < 4.78 is 23.2. The number of nitrogens with two attached hydrogens (primary N) is 1. The molecule has 2 rings (SSSR count). The van der Waals surface area contributed by atoms with Crippen LogP contribution in [0, 0.1) is 3.57 Å². The number of hydrogen-bond donors (Lipinski definition) is 1. The lowest BCUT2D eigenvalue weighted by Gasteiger charge is -2.19. The number of pyridine rings is 1. The maximum Gasteiger partial charge on any atom is 0.228 e. The first-order chi connectivity index (χ1) is 8.30. The molecule has 18 heavy (non-hydrogen) atoms. The topological polar surface area (TPSA) is 93.4 Å². The minimum atomic E-state index is -3.73. The van der Waals surface area contributed by atoms with Crippen molar-refractivity contribution in [3.05, 3.63) is 21.0 Å². The van der Waals surface area contributed by atoms with Crippen molar-refractivity contribution in [2.45, 2.75) is 11.7 Å². The van der Waals surface area contributed by atoms with Gasteiger partial charge in [0.05, 0.1) is 14.3 Å². The number of halogens is 2. The lowest BCUT2D eigenvalue weighted by atomic mass is 10.3. The van der Waals surface area contributed by atoms with Gasteiger partial charge < -0.3 is 4.90 Å². The normalized spacial score (nSPS) is 20.5. The molecule has 0 saturated carbocycles. The van der Waals surface area contributed by atoms with Crippen LogP contribution in [0.3, 0.4) is 0 Å². The second-order valence-corrected chi connectivity index (χ2v) is 7.29. The number of rotatable bonds is 2. The van der Waals surface area contributed by atoms with Crippen LogP contribution >= 0.6 is 34.2 Å². The third-order valence-corrected chi connectivity index (χ3v) is 4.96. The summed E-state index contributed by atoms with van der Waals surface area (Å²) in [6.45, 7) is 0.0252. The molecule has 9 heteroatoms. The summed E-state index contributed by atoms with van der Waals surface area (Å²) in [7, 11) is -3.73. The van der Waals surface area contributed by atoms with Gasteiger partial charge in [-0.05, 0) is 22.6 Å². The summed E-state index contributed by atoms with van der Waals surface area (Å²) in [5, 5.41) is 4.49. The van der Waals surface area contributed by atoms with Crippen molar-refractivity contribution in [1.82, 2.24) is 4.98 Å². The van der Waals surface area contributed by atoms with Crippen LogP contribution in [0.4, 0.5) is 5.69 Å². The van der Waals surface area contributed by atoms with Crippen molar-refractivity contribution in [2.24, 2.45) is 5.14 Å². The van der Waals surface area contributed by atoms with E-state index in [0.717, 1.165) is 0 Å². The highest BCUT2D eigenvalue weighted by Crippen LogP contribution is 2.33. The molecular formula is C9H9ClIN3O3S. The lowest BCUT2D eigenvalue weighted by molar-refractivity contribution is -0.117. The van der Waals surface area contributed by atoms with Crippen LogP contribution in [0.2, 0.25) is 5.02 Å². The molecule has 1 unspecified atom stereocenters. The predicted octanol–water partition coefficient (Wildman–Crippen LogP) is 0.733. The number of nitrogens with zero attached hydrogens (tertiary/aromatic N) is 2. The van der Waals surface area contributed by atoms with E-state index in [0.29, 0.717) is 14.3 Å². The van der Waals surface area contributed by atoms with Crippen LogP contribution in [0.15, 0.2) is 12.4 Å². The molecule has 1 aromatic heterocycles. The maximum atomic E-state index is 11.9. The highest BCUT2D eigenvalue weighted by atomic mass is 127. The average molecular weight is 402 g/mol. The Morgan fingerprint density at radius 3 is 2.67 bits per heavy atom. The van der Waals surface area contributed by atoms with E-state index in [-0.39, 0.29) is 18.9 Å². The number of sulfonamides is 1. The van der Waals surface area contributed by atoms with E-state index >= 15 is 0 Å². The van der Waals surface area contributed by atoms with Gasteiger partial charge in [-0.1, -0.05) is 11.6 Å². The third-order valence-electron chi connectivity index (χ3n) is 2.65. The Kier molecular flexibility index (Phi) is 3.81. The number of carbonyl (C=O) groups is 1. The summed E-state index contributed by atoms with van der Waals surface area (Å²) in [6, 6.07) is 0. The fourth-order valence-corrected chi connectivity index (χ4v) is 3.67. The standard InChI is InChI=1S/C9H9ClIN3O3S/c10-6-2-13-3-7(11)9(6)14-4-5(1-8(14)15)18(12,16)17/h2-3,5H,1,4H2,(H2,12,16,17). The summed E-state index contributed by atoms with van der Waals surface area (Å²) in [6.07, 6.45) is 2.85. The molecule has 1 saturated heterocycles. The smallest absolute Gasteiger partial charge is 0.228 e. The second-order valence-electron chi connectivity index (χ2n) is 3.87. The molecule has 2 heterocycles. The van der Waals surface area contributed by atoms with E-state index in [1.807, 2.05) is 22.6 Å². The summed E-state index contributed by atoms with van der Waals surface area (Å²) in [4.78, 5) is 17.1. The number of anilines is 1. The van der Waals surface area contributed by atoms with Gasteiger partial charge in [0.1, 0.15) is 5.25 Å². The van der Waals surface area contributed by atoms with Crippen LogP contribution in [0.1, 0.15) is 6.42 Å². The highest BCUT2D eigenvalue weighted by Gasteiger charge is 2.38. The zero-order valence-corrected chi connectivity index (χ0v) is 12.7. The molecule has 6 nitrogen and oxygen atoms in total. The van der Waals surface area contributed by atoms with Crippen molar-refractivity contribution >= 4 is 55.8 Å². The van der Waals surface area contributed by atoms with Crippen LogP contribution in [0.25, 0.3) is 0 Å². The van der Waals surface area contributed by atoms with Crippen LogP contribution in [-0.2, 0) is 14.8 Å². The largest absolute Gasteiger partial charge is 0.308 e. The van der Waals surface area contributed by atoms with E-state index in [2.05, 4.69) is 4.98 Å². The summed E-state index contributed by atoms with van der Waals surface area (Å²) >= 11 is 7.99. The van der Waals surface area contributed by atoms with E-state index in [4.69, 9.17) is 16.7 Å². The Balaban J connectivity index is 2.39.